The van der Waals surface area contributed by atoms with Gasteiger partial charge in [0.2, 0.25) is 0 Å². The SMILES string of the molecule is CCNC1CCN(CCc2cccnc2)C(C)C1. The molecule has 1 aromatic heterocycles. The summed E-state index contributed by atoms with van der Waals surface area (Å²) in [7, 11) is 0. The molecule has 2 unspecified atom stereocenters. The van der Waals surface area contributed by atoms with Crippen LogP contribution in [-0.4, -0.2) is 41.6 Å². The number of aromatic nitrogens is 1. The number of hydrogen-bond donors (Lipinski definition) is 1. The van der Waals surface area contributed by atoms with Crippen LogP contribution in [0, 0.1) is 0 Å². The Morgan fingerprint density at radius 2 is 2.39 bits per heavy atom. The van der Waals surface area contributed by atoms with Crippen LogP contribution in [0.1, 0.15) is 32.3 Å². The van der Waals surface area contributed by atoms with Crippen molar-refractivity contribution < 1.29 is 0 Å². The zero-order valence-corrected chi connectivity index (χ0v) is 11.6. The lowest BCUT2D eigenvalue weighted by Crippen LogP contribution is -2.47. The molecule has 2 rings (SSSR count). The maximum Gasteiger partial charge on any atom is 0.0300 e. The molecule has 1 fully saturated rings. The summed E-state index contributed by atoms with van der Waals surface area (Å²) in [5, 5.41) is 3.57. The molecular weight excluding hydrogens is 222 g/mol. The van der Waals surface area contributed by atoms with E-state index in [1.54, 1.807) is 0 Å². The average molecular weight is 247 g/mol. The molecule has 3 heteroatoms. The molecule has 1 aliphatic heterocycles. The van der Waals surface area contributed by atoms with Crippen LogP contribution in [0.15, 0.2) is 24.5 Å². The third-order valence-electron chi connectivity index (χ3n) is 3.92. The summed E-state index contributed by atoms with van der Waals surface area (Å²) < 4.78 is 0. The zero-order valence-electron chi connectivity index (χ0n) is 11.6. The summed E-state index contributed by atoms with van der Waals surface area (Å²) in [6.45, 7) is 8.02. The summed E-state index contributed by atoms with van der Waals surface area (Å²) in [5.41, 5.74) is 1.35. The van der Waals surface area contributed by atoms with Crippen molar-refractivity contribution in [2.75, 3.05) is 19.6 Å². The van der Waals surface area contributed by atoms with Crippen LogP contribution in [0.2, 0.25) is 0 Å². The van der Waals surface area contributed by atoms with Gasteiger partial charge in [0.05, 0.1) is 0 Å². The van der Waals surface area contributed by atoms with Gasteiger partial charge >= 0.3 is 0 Å². The smallest absolute Gasteiger partial charge is 0.0300 e. The number of rotatable bonds is 5. The first kappa shape index (κ1) is 13.5. The molecule has 2 heterocycles. The van der Waals surface area contributed by atoms with Crippen molar-refractivity contribution in [2.24, 2.45) is 0 Å². The first-order chi connectivity index (χ1) is 8.79. The average Bonchev–Trinajstić information content (AvgIpc) is 2.39. The van der Waals surface area contributed by atoms with E-state index in [0.29, 0.717) is 6.04 Å². The van der Waals surface area contributed by atoms with Crippen molar-refractivity contribution in [1.29, 1.82) is 0 Å². The maximum atomic E-state index is 4.18. The van der Waals surface area contributed by atoms with Gasteiger partial charge in [0.15, 0.2) is 0 Å². The van der Waals surface area contributed by atoms with Crippen LogP contribution in [0.4, 0.5) is 0 Å². The van der Waals surface area contributed by atoms with Gasteiger partial charge in [0.1, 0.15) is 0 Å². The molecule has 2 atom stereocenters. The van der Waals surface area contributed by atoms with Gasteiger partial charge in [-0.3, -0.25) is 4.98 Å². The summed E-state index contributed by atoms with van der Waals surface area (Å²) in [6, 6.07) is 5.61. The third kappa shape index (κ3) is 3.79. The molecule has 0 radical (unpaired) electrons. The van der Waals surface area contributed by atoms with E-state index < -0.39 is 0 Å². The quantitative estimate of drug-likeness (QED) is 0.863. The molecule has 1 aromatic rings. The van der Waals surface area contributed by atoms with E-state index >= 15 is 0 Å². The van der Waals surface area contributed by atoms with Gasteiger partial charge in [0, 0.05) is 31.0 Å². The number of piperidine rings is 1. The molecule has 3 nitrogen and oxygen atoms in total. The molecule has 0 bridgehead atoms. The van der Waals surface area contributed by atoms with Crippen LogP contribution >= 0.6 is 0 Å². The van der Waals surface area contributed by atoms with Gasteiger partial charge in [-0.1, -0.05) is 13.0 Å². The Hall–Kier alpha value is -0.930. The van der Waals surface area contributed by atoms with Crippen molar-refractivity contribution in [3.63, 3.8) is 0 Å². The van der Waals surface area contributed by atoms with Gasteiger partial charge in [-0.15, -0.1) is 0 Å². The molecule has 0 amide bonds. The van der Waals surface area contributed by atoms with E-state index in [9.17, 15) is 0 Å². The minimum atomic E-state index is 0.694. The minimum absolute atomic E-state index is 0.694. The normalized spacial score (nSPS) is 25.2. The highest BCUT2D eigenvalue weighted by Crippen LogP contribution is 2.17. The topological polar surface area (TPSA) is 28.2 Å². The molecule has 0 spiro atoms. The predicted octanol–water partition coefficient (Wildman–Crippen LogP) is 2.09. The Balaban J connectivity index is 1.77. The minimum Gasteiger partial charge on any atom is -0.314 e. The molecule has 0 aromatic carbocycles. The van der Waals surface area contributed by atoms with E-state index in [4.69, 9.17) is 0 Å². The predicted molar refractivity (Wildman–Crippen MR) is 75.7 cm³/mol. The van der Waals surface area contributed by atoms with Crippen molar-refractivity contribution >= 4 is 0 Å². The highest BCUT2D eigenvalue weighted by atomic mass is 15.2. The Morgan fingerprint density at radius 1 is 1.50 bits per heavy atom. The molecule has 1 aliphatic rings. The van der Waals surface area contributed by atoms with Gasteiger partial charge < -0.3 is 10.2 Å². The van der Waals surface area contributed by atoms with Crippen molar-refractivity contribution in [3.05, 3.63) is 30.1 Å². The van der Waals surface area contributed by atoms with E-state index in [1.165, 1.54) is 24.9 Å². The van der Waals surface area contributed by atoms with E-state index in [2.05, 4.69) is 35.1 Å². The number of nitrogens with one attached hydrogen (secondary N) is 1. The Morgan fingerprint density at radius 3 is 3.06 bits per heavy atom. The number of nitrogens with zero attached hydrogens (tertiary/aromatic N) is 2. The van der Waals surface area contributed by atoms with Crippen LogP contribution in [-0.2, 0) is 6.42 Å². The van der Waals surface area contributed by atoms with Gasteiger partial charge in [0.25, 0.3) is 0 Å². The third-order valence-corrected chi connectivity index (χ3v) is 3.92. The fourth-order valence-electron chi connectivity index (χ4n) is 2.85. The van der Waals surface area contributed by atoms with Crippen LogP contribution in [0.5, 0.6) is 0 Å². The molecule has 1 N–H and O–H groups in total. The maximum absolute atomic E-state index is 4.18. The van der Waals surface area contributed by atoms with Gasteiger partial charge in [-0.25, -0.2) is 0 Å². The molecule has 100 valence electrons. The van der Waals surface area contributed by atoms with E-state index in [1.807, 2.05) is 18.5 Å². The van der Waals surface area contributed by atoms with E-state index in [0.717, 1.165) is 25.6 Å². The van der Waals surface area contributed by atoms with Gasteiger partial charge in [-0.05, 0) is 50.9 Å². The monoisotopic (exact) mass is 247 g/mol. The van der Waals surface area contributed by atoms with Crippen molar-refractivity contribution in [2.45, 2.75) is 45.2 Å². The lowest BCUT2D eigenvalue weighted by atomic mass is 9.97. The lowest BCUT2D eigenvalue weighted by molar-refractivity contribution is 0.138. The fraction of sp³-hybridized carbons (Fsp3) is 0.667. The summed E-state index contributed by atoms with van der Waals surface area (Å²) in [4.78, 5) is 6.79. The van der Waals surface area contributed by atoms with Crippen molar-refractivity contribution in [3.8, 4) is 0 Å². The van der Waals surface area contributed by atoms with Crippen LogP contribution < -0.4 is 5.32 Å². The number of likely N-dealkylation sites (tertiary alicyclic amines) is 1. The van der Waals surface area contributed by atoms with Crippen molar-refractivity contribution in [1.82, 2.24) is 15.2 Å². The second kappa shape index (κ2) is 6.86. The largest absolute Gasteiger partial charge is 0.314 e. The highest BCUT2D eigenvalue weighted by molar-refractivity contribution is 5.08. The Labute approximate surface area is 111 Å². The Kier molecular flexibility index (Phi) is 5.14. The molecule has 18 heavy (non-hydrogen) atoms. The second-order valence-electron chi connectivity index (χ2n) is 5.28. The standard InChI is InChI=1S/C15H25N3/c1-3-17-15-7-10-18(13(2)11-15)9-6-14-5-4-8-16-12-14/h4-5,8,12-13,15,17H,3,6-7,9-11H2,1-2H3. The number of hydrogen-bond acceptors (Lipinski definition) is 3. The van der Waals surface area contributed by atoms with Gasteiger partial charge in [-0.2, -0.15) is 0 Å². The van der Waals surface area contributed by atoms with E-state index in [-0.39, 0.29) is 0 Å². The zero-order chi connectivity index (χ0) is 12.8. The first-order valence-electron chi connectivity index (χ1n) is 7.16. The molecule has 0 aliphatic carbocycles. The molecular formula is C15H25N3. The van der Waals surface area contributed by atoms with Crippen LogP contribution in [0.25, 0.3) is 0 Å². The molecule has 1 saturated heterocycles. The number of pyridine rings is 1. The summed E-state index contributed by atoms with van der Waals surface area (Å²) in [6.07, 6.45) is 7.50. The summed E-state index contributed by atoms with van der Waals surface area (Å²) >= 11 is 0. The highest BCUT2D eigenvalue weighted by Gasteiger charge is 2.24. The van der Waals surface area contributed by atoms with Crippen LogP contribution in [0.3, 0.4) is 0 Å². The first-order valence-corrected chi connectivity index (χ1v) is 7.16. The molecule has 0 saturated carbocycles. The second-order valence-corrected chi connectivity index (χ2v) is 5.28. The lowest BCUT2D eigenvalue weighted by Gasteiger charge is -2.38. The summed E-state index contributed by atoms with van der Waals surface area (Å²) in [5.74, 6) is 0. The Bertz CT molecular complexity index is 339. The fourth-order valence-corrected chi connectivity index (χ4v) is 2.85.